The van der Waals surface area contributed by atoms with Gasteiger partial charge in [0.15, 0.2) is 0 Å². The topological polar surface area (TPSA) is 100 Å². The number of nitrogens with one attached hydrogen (secondary N) is 2. The van der Waals surface area contributed by atoms with Crippen molar-refractivity contribution < 1.29 is 24.2 Å². The van der Waals surface area contributed by atoms with Gasteiger partial charge in [-0.1, -0.05) is 24.3 Å². The van der Waals surface area contributed by atoms with E-state index < -0.39 is 6.10 Å². The number of halogens is 1. The normalized spacial score (nSPS) is 21.2. The monoisotopic (exact) mass is 529 g/mol. The van der Waals surface area contributed by atoms with Crippen molar-refractivity contribution in [2.75, 3.05) is 32.9 Å². The summed E-state index contributed by atoms with van der Waals surface area (Å²) in [5.41, 5.74) is 3.56. The second-order valence-electron chi connectivity index (χ2n) is 9.92. The second-order valence-corrected chi connectivity index (χ2v) is 9.92. The molecule has 3 aliphatic rings. The third-order valence-electron chi connectivity index (χ3n) is 7.44. The van der Waals surface area contributed by atoms with Crippen LogP contribution in [0.3, 0.4) is 0 Å². The van der Waals surface area contributed by atoms with Gasteiger partial charge in [0.2, 0.25) is 0 Å². The van der Waals surface area contributed by atoms with Gasteiger partial charge in [-0.3, -0.25) is 9.59 Å². The van der Waals surface area contributed by atoms with Crippen molar-refractivity contribution in [3.05, 3.63) is 64.7 Å². The number of aliphatic hydroxyl groups excluding tert-OH is 1. The molecular formula is C28H36ClN3O5. The van der Waals surface area contributed by atoms with Crippen molar-refractivity contribution in [3.63, 3.8) is 0 Å². The molecule has 200 valence electrons. The fourth-order valence-corrected chi connectivity index (χ4v) is 5.61. The van der Waals surface area contributed by atoms with E-state index in [4.69, 9.17) is 9.47 Å². The fraction of sp³-hybridized carbons (Fsp3) is 0.500. The van der Waals surface area contributed by atoms with Crippen molar-refractivity contribution in [3.8, 4) is 5.75 Å². The average molecular weight is 530 g/mol. The summed E-state index contributed by atoms with van der Waals surface area (Å²) in [6.45, 7) is 3.88. The van der Waals surface area contributed by atoms with Crippen LogP contribution >= 0.6 is 12.4 Å². The molecule has 0 saturated carbocycles. The first-order valence-electron chi connectivity index (χ1n) is 13.0. The summed E-state index contributed by atoms with van der Waals surface area (Å²) < 4.78 is 11.3. The predicted molar refractivity (Wildman–Crippen MR) is 143 cm³/mol. The van der Waals surface area contributed by atoms with Gasteiger partial charge in [0.05, 0.1) is 43.6 Å². The first-order valence-corrected chi connectivity index (χ1v) is 13.0. The molecule has 2 amide bonds. The summed E-state index contributed by atoms with van der Waals surface area (Å²) in [7, 11) is 0. The van der Waals surface area contributed by atoms with E-state index in [0.29, 0.717) is 49.3 Å². The van der Waals surface area contributed by atoms with Crippen molar-refractivity contribution in [1.29, 1.82) is 0 Å². The lowest BCUT2D eigenvalue weighted by Gasteiger charge is -2.34. The van der Waals surface area contributed by atoms with Crippen LogP contribution in [0.15, 0.2) is 42.5 Å². The molecule has 5 rings (SSSR count). The van der Waals surface area contributed by atoms with Crippen LogP contribution in [0.5, 0.6) is 5.75 Å². The highest BCUT2D eigenvalue weighted by atomic mass is 35.5. The first kappa shape index (κ1) is 27.4. The maximum Gasteiger partial charge on any atom is 0.255 e. The van der Waals surface area contributed by atoms with E-state index >= 15 is 0 Å². The Morgan fingerprint density at radius 3 is 2.41 bits per heavy atom. The molecule has 1 aliphatic carbocycles. The van der Waals surface area contributed by atoms with Gasteiger partial charge in [-0.25, -0.2) is 0 Å². The number of carbonyl (C=O) groups is 2. The quantitative estimate of drug-likeness (QED) is 0.461. The number of aliphatic hydroxyl groups is 1. The minimum Gasteiger partial charge on any atom is -0.493 e. The van der Waals surface area contributed by atoms with Crippen LogP contribution in [-0.4, -0.2) is 79.0 Å². The number of amides is 2. The number of ether oxygens (including phenoxy) is 2. The Morgan fingerprint density at radius 1 is 1.08 bits per heavy atom. The SMILES string of the molecule is CCOc1cc(C(=O)N2C3CCC2COC3)ccc1C(=O)NC[C@@H](O)CNC1Cc2ccccc2C1.Cl. The lowest BCUT2D eigenvalue weighted by atomic mass is 10.1. The van der Waals surface area contributed by atoms with Gasteiger partial charge in [0.1, 0.15) is 5.75 Å². The molecule has 0 aromatic heterocycles. The van der Waals surface area contributed by atoms with Gasteiger partial charge >= 0.3 is 0 Å². The Balaban J connectivity index is 0.00000320. The molecule has 2 aromatic carbocycles. The summed E-state index contributed by atoms with van der Waals surface area (Å²) in [6.07, 6.45) is 3.10. The number of hydrogen-bond acceptors (Lipinski definition) is 6. The molecule has 2 fully saturated rings. The van der Waals surface area contributed by atoms with E-state index in [9.17, 15) is 14.7 Å². The number of benzene rings is 2. The number of fused-ring (bicyclic) bond motifs is 3. The van der Waals surface area contributed by atoms with Crippen molar-refractivity contribution in [2.45, 2.75) is 56.8 Å². The number of hydrogen-bond donors (Lipinski definition) is 3. The Labute approximate surface area is 224 Å². The van der Waals surface area contributed by atoms with Gasteiger partial charge in [-0.15, -0.1) is 12.4 Å². The third kappa shape index (κ3) is 6.09. The molecule has 0 radical (unpaired) electrons. The molecule has 3 atom stereocenters. The van der Waals surface area contributed by atoms with Crippen molar-refractivity contribution >= 4 is 24.2 Å². The lowest BCUT2D eigenvalue weighted by molar-refractivity contribution is -0.00717. The van der Waals surface area contributed by atoms with Gasteiger partial charge in [-0.05, 0) is 61.9 Å². The van der Waals surface area contributed by atoms with Crippen LogP contribution in [0, 0.1) is 0 Å². The number of carbonyl (C=O) groups excluding carboxylic acids is 2. The molecule has 2 aliphatic heterocycles. The number of rotatable bonds is 9. The van der Waals surface area contributed by atoms with Crippen LogP contribution in [-0.2, 0) is 17.6 Å². The largest absolute Gasteiger partial charge is 0.493 e. The predicted octanol–water partition coefficient (Wildman–Crippen LogP) is 2.36. The summed E-state index contributed by atoms with van der Waals surface area (Å²) in [5, 5.41) is 16.7. The number of morpholine rings is 1. The van der Waals surface area contributed by atoms with Gasteiger partial charge in [0, 0.05) is 24.7 Å². The standard InChI is InChI=1S/C28H35N3O5.ClH/c1-2-36-26-13-20(28(34)31-22-8-9-23(31)17-35-16-22)7-10-25(26)27(33)30-15-24(32)14-29-21-11-18-5-3-4-6-19(18)12-21;/h3-7,10,13,21-24,29,32H,2,8-9,11-12,14-17H2,1H3,(H,30,33);1H/t22?,23?,24-;/m0./s1. The minimum absolute atomic E-state index is 0. The Kier molecular flexibility index (Phi) is 9.08. The first-order chi connectivity index (χ1) is 17.5. The van der Waals surface area contributed by atoms with E-state index in [1.165, 1.54) is 11.1 Å². The van der Waals surface area contributed by atoms with Gasteiger partial charge in [0.25, 0.3) is 11.8 Å². The highest BCUT2D eigenvalue weighted by molar-refractivity contribution is 6.00. The third-order valence-corrected chi connectivity index (χ3v) is 7.44. The maximum atomic E-state index is 13.2. The Bertz CT molecular complexity index is 1070. The zero-order chi connectivity index (χ0) is 25.1. The summed E-state index contributed by atoms with van der Waals surface area (Å²) in [6, 6.07) is 13.9. The molecule has 8 nitrogen and oxygen atoms in total. The molecule has 37 heavy (non-hydrogen) atoms. The van der Waals surface area contributed by atoms with Gasteiger partial charge < -0.3 is 30.1 Å². The van der Waals surface area contributed by atoms with Crippen molar-refractivity contribution in [1.82, 2.24) is 15.5 Å². The van der Waals surface area contributed by atoms with Crippen molar-refractivity contribution in [2.24, 2.45) is 0 Å². The van der Waals surface area contributed by atoms with Gasteiger partial charge in [-0.2, -0.15) is 0 Å². The summed E-state index contributed by atoms with van der Waals surface area (Å²) in [5.74, 6) is -0.0109. The average Bonchev–Trinajstić information content (AvgIpc) is 3.42. The zero-order valence-electron chi connectivity index (χ0n) is 21.2. The van der Waals surface area contributed by atoms with E-state index in [0.717, 1.165) is 25.7 Å². The van der Waals surface area contributed by atoms with E-state index in [1.54, 1.807) is 18.2 Å². The number of nitrogens with zero attached hydrogens (tertiary/aromatic N) is 1. The minimum atomic E-state index is -0.717. The highest BCUT2D eigenvalue weighted by Crippen LogP contribution is 2.31. The maximum absolute atomic E-state index is 13.2. The molecule has 2 saturated heterocycles. The lowest BCUT2D eigenvalue weighted by Crippen LogP contribution is -2.49. The molecule has 9 heteroatoms. The summed E-state index contributed by atoms with van der Waals surface area (Å²) >= 11 is 0. The molecule has 2 bridgehead atoms. The van der Waals surface area contributed by atoms with Crippen LogP contribution in [0.4, 0.5) is 0 Å². The van der Waals surface area contributed by atoms with E-state index in [-0.39, 0.29) is 42.8 Å². The fourth-order valence-electron chi connectivity index (χ4n) is 5.61. The molecule has 0 spiro atoms. The second kappa shape index (κ2) is 12.3. The van der Waals surface area contributed by atoms with Crippen LogP contribution < -0.4 is 15.4 Å². The Hall–Kier alpha value is -2.65. The molecule has 2 aromatic rings. The molecular weight excluding hydrogens is 494 g/mol. The molecule has 3 N–H and O–H groups in total. The van der Waals surface area contributed by atoms with Crippen LogP contribution in [0.1, 0.15) is 51.6 Å². The molecule has 2 heterocycles. The van der Waals surface area contributed by atoms with E-state index in [2.05, 4.69) is 34.9 Å². The molecule has 2 unspecified atom stereocenters. The zero-order valence-corrected chi connectivity index (χ0v) is 22.0. The highest BCUT2D eigenvalue weighted by Gasteiger charge is 2.40. The summed E-state index contributed by atoms with van der Waals surface area (Å²) in [4.78, 5) is 28.1. The van der Waals surface area contributed by atoms with Crippen LogP contribution in [0.25, 0.3) is 0 Å². The van der Waals surface area contributed by atoms with E-state index in [1.807, 2.05) is 11.8 Å². The smallest absolute Gasteiger partial charge is 0.255 e. The Morgan fingerprint density at radius 2 is 1.76 bits per heavy atom. The van der Waals surface area contributed by atoms with Crippen LogP contribution in [0.2, 0.25) is 0 Å².